The summed E-state index contributed by atoms with van der Waals surface area (Å²) in [4.78, 5) is 13.8. The summed E-state index contributed by atoms with van der Waals surface area (Å²) < 4.78 is 30.5. The number of aliphatic hydroxyl groups is 1. The van der Waals surface area contributed by atoms with Crippen LogP contribution in [0, 0.1) is 0 Å². The predicted octanol–water partition coefficient (Wildman–Crippen LogP) is 41.9. The van der Waals surface area contributed by atoms with Gasteiger partial charge in [-0.15, -0.1) is 0 Å². The Kier molecular flexibility index (Phi) is 76.3. The van der Waals surface area contributed by atoms with Crippen molar-refractivity contribution in [2.45, 2.75) is 559 Å². The van der Waals surface area contributed by atoms with E-state index in [-0.39, 0.29) is 12.5 Å². The van der Waals surface area contributed by atoms with Gasteiger partial charge in [0.15, 0.2) is 0 Å². The second-order valence-electron chi connectivity index (χ2n) is 41.8. The molecule has 137 heavy (non-hydrogen) atoms. The molecule has 8 nitrogen and oxygen atoms in total. The Bertz CT molecular complexity index is 3380. The van der Waals surface area contributed by atoms with Crippen molar-refractivity contribution < 1.29 is 33.6 Å². The average molecular weight is 1890 g/mol. The second kappa shape index (κ2) is 87.5. The number of carbonyl (C=O) groups is 1. The van der Waals surface area contributed by atoms with E-state index in [1.165, 1.54) is 510 Å². The number of hydrogen-bond donors (Lipinski definition) is 2. The smallest absolute Gasteiger partial charge is 0.407 e. The summed E-state index contributed by atoms with van der Waals surface area (Å²) in [6, 6.07) is 48.9. The van der Waals surface area contributed by atoms with E-state index >= 15 is 0 Å². The number of benzene rings is 6. The van der Waals surface area contributed by atoms with Crippen LogP contribution in [0.5, 0.6) is 23.0 Å². The molecule has 0 heterocycles. The molecule has 0 aliphatic heterocycles. The van der Waals surface area contributed by atoms with Crippen molar-refractivity contribution in [1.82, 2.24) is 5.32 Å². The van der Waals surface area contributed by atoms with Gasteiger partial charge in [-0.3, -0.25) is 0 Å². The van der Waals surface area contributed by atoms with E-state index in [0.717, 1.165) is 97.4 Å². The minimum atomic E-state index is -0.651. The van der Waals surface area contributed by atoms with Gasteiger partial charge in [-0.25, -0.2) is 4.79 Å². The number of carbonyl (C=O) groups excluding carboxylic acids is 1. The largest absolute Gasteiger partial charge is 0.494 e. The van der Waals surface area contributed by atoms with E-state index in [2.05, 4.69) is 106 Å². The minimum Gasteiger partial charge on any atom is -0.494 e. The number of fused-ring (bicyclic) bond motifs is 3. The van der Waals surface area contributed by atoms with Crippen LogP contribution in [0.2, 0.25) is 0 Å². The molecule has 7 rings (SSSR count). The van der Waals surface area contributed by atoms with Crippen LogP contribution in [0.1, 0.15) is 593 Å². The number of hydrogen-bond acceptors (Lipinski definition) is 7. The van der Waals surface area contributed by atoms with Gasteiger partial charge in [-0.05, 0) is 119 Å². The quantitative estimate of drug-likeness (QED) is 0.0367. The zero-order valence-corrected chi connectivity index (χ0v) is 89.6. The van der Waals surface area contributed by atoms with E-state index in [1.54, 1.807) is 0 Å². The van der Waals surface area contributed by atoms with Crippen LogP contribution >= 0.6 is 0 Å². The number of aliphatic hydroxyl groups excluding tert-OH is 1. The van der Waals surface area contributed by atoms with E-state index < -0.39 is 18.2 Å². The topological polar surface area (TPSA) is 95.5 Å². The fourth-order valence-electron chi connectivity index (χ4n) is 20.5. The van der Waals surface area contributed by atoms with Gasteiger partial charge >= 0.3 is 6.09 Å². The molecular weight excluding hydrogens is 1680 g/mol. The summed E-state index contributed by atoms with van der Waals surface area (Å²) in [6.07, 6.45) is 110. The zero-order valence-electron chi connectivity index (χ0n) is 89.6. The summed E-state index contributed by atoms with van der Waals surface area (Å²) in [6.45, 7) is 12.4. The minimum absolute atomic E-state index is 0.00274. The van der Waals surface area contributed by atoms with Gasteiger partial charge in [0.25, 0.3) is 0 Å². The van der Waals surface area contributed by atoms with E-state index in [0.29, 0.717) is 0 Å². The van der Waals surface area contributed by atoms with Crippen LogP contribution in [0.4, 0.5) is 4.79 Å². The second-order valence-corrected chi connectivity index (χ2v) is 41.8. The Labute approximate surface area is 845 Å². The van der Waals surface area contributed by atoms with Crippen LogP contribution in [-0.4, -0.2) is 44.2 Å². The number of rotatable bonds is 95. The maximum absolute atomic E-state index is 13.8. The summed E-state index contributed by atoms with van der Waals surface area (Å²) in [7, 11) is 0. The molecule has 0 radical (unpaired) electrons. The molecule has 0 saturated heterocycles. The van der Waals surface area contributed by atoms with Gasteiger partial charge in [0.1, 0.15) is 35.7 Å². The maximum atomic E-state index is 13.8. The lowest BCUT2D eigenvalue weighted by Gasteiger charge is -2.21. The number of alkyl carbamates (subject to hydrolysis) is 1. The highest BCUT2D eigenvalue weighted by Crippen LogP contribution is 2.45. The predicted molar refractivity (Wildman–Crippen MR) is 594 cm³/mol. The van der Waals surface area contributed by atoms with Gasteiger partial charge in [-0.2, -0.15) is 0 Å². The Morgan fingerprint density at radius 3 is 0.584 bits per heavy atom. The third kappa shape index (κ3) is 62.0. The Balaban J connectivity index is 0.000000435. The molecule has 0 fully saturated rings. The number of nitrogens with one attached hydrogen (secondary N) is 1. The molecule has 0 aromatic heterocycles. The summed E-state index contributed by atoms with van der Waals surface area (Å²) in [5, 5.41) is 14.2. The highest BCUT2D eigenvalue weighted by molar-refractivity contribution is 5.79. The van der Waals surface area contributed by atoms with Crippen LogP contribution in [0.25, 0.3) is 11.1 Å². The lowest BCUT2D eigenvalue weighted by molar-refractivity contribution is 0.140. The molecule has 1 aliphatic carbocycles. The van der Waals surface area contributed by atoms with Crippen molar-refractivity contribution in [1.29, 1.82) is 0 Å². The van der Waals surface area contributed by atoms with Crippen molar-refractivity contribution in [2.24, 2.45) is 0 Å². The molecule has 774 valence electrons. The maximum Gasteiger partial charge on any atom is 0.407 e. The number of unbranched alkanes of at least 4 members (excludes halogenated alkanes) is 76. The van der Waals surface area contributed by atoms with E-state index in [1.807, 2.05) is 72.8 Å². The van der Waals surface area contributed by atoms with Gasteiger partial charge in [0, 0.05) is 5.92 Å². The highest BCUT2D eigenvalue weighted by Gasteiger charge is 2.30. The molecule has 1 aliphatic rings. The van der Waals surface area contributed by atoms with Gasteiger partial charge in [0.05, 0.1) is 32.5 Å². The lowest BCUT2D eigenvalue weighted by Crippen LogP contribution is -2.31. The fourth-order valence-corrected chi connectivity index (χ4v) is 20.5. The molecule has 0 spiro atoms. The van der Waals surface area contributed by atoms with Crippen LogP contribution in [0.15, 0.2) is 146 Å². The van der Waals surface area contributed by atoms with E-state index in [4.69, 9.17) is 23.7 Å². The number of ether oxygens (including phenoxy) is 5. The first-order valence-electron chi connectivity index (χ1n) is 59.6. The summed E-state index contributed by atoms with van der Waals surface area (Å²) >= 11 is 0. The molecule has 0 saturated carbocycles. The van der Waals surface area contributed by atoms with Crippen LogP contribution in [-0.2, 0) is 4.74 Å². The van der Waals surface area contributed by atoms with Crippen molar-refractivity contribution in [3.05, 3.63) is 179 Å². The van der Waals surface area contributed by atoms with Gasteiger partial charge < -0.3 is 34.1 Å². The Hall–Kier alpha value is -6.25. The first-order valence-corrected chi connectivity index (χ1v) is 59.6. The Morgan fingerprint density at radius 2 is 0.394 bits per heavy atom. The third-order valence-corrected chi connectivity index (χ3v) is 29.5. The monoisotopic (exact) mass is 1890 g/mol. The van der Waals surface area contributed by atoms with Crippen molar-refractivity contribution in [3.63, 3.8) is 0 Å². The average Bonchev–Trinajstić information content (AvgIpc) is 1.61. The first-order chi connectivity index (χ1) is 67.9. The third-order valence-electron chi connectivity index (χ3n) is 29.5. The molecule has 0 bridgehead atoms. The molecule has 2 N–H and O–H groups in total. The van der Waals surface area contributed by atoms with Crippen molar-refractivity contribution >= 4 is 6.09 Å². The molecule has 0 atom stereocenters. The first kappa shape index (κ1) is 119. The molecule has 6 aromatic rings. The highest BCUT2D eigenvalue weighted by atomic mass is 16.5. The van der Waals surface area contributed by atoms with Gasteiger partial charge in [-0.1, -0.05) is 613 Å². The van der Waals surface area contributed by atoms with Crippen LogP contribution in [0.3, 0.4) is 0 Å². The van der Waals surface area contributed by atoms with Crippen molar-refractivity contribution in [3.8, 4) is 34.1 Å². The SMILES string of the molecule is CCCCCCCCCCCCCCCCCCCCCCOc1ccc(C(NC(=O)OCC2c3ccccc3-c3ccccc32)c2ccc(OCCCCCCCCCCCCCCCCCCCCCC)cc2)cc1.CCCCCCCCCCCCCCCCCCCCCCOc1ccc(C(O)c2ccc(OCCCCCCCCCCCCCCCCCCCCCC)cc2)cc1. The molecular formula is C129H211NO7. The Morgan fingerprint density at radius 1 is 0.226 bits per heavy atom. The van der Waals surface area contributed by atoms with Crippen molar-refractivity contribution in [2.75, 3.05) is 33.0 Å². The van der Waals surface area contributed by atoms with E-state index in [9.17, 15) is 9.90 Å². The molecule has 0 unspecified atom stereocenters. The van der Waals surface area contributed by atoms with Gasteiger partial charge in [0.2, 0.25) is 0 Å². The standard InChI is InChI=1S/C72H111NO4.C57H100O3/c1-3-5-7-9-11-13-15-17-19-21-23-25-27-29-31-33-35-37-39-45-59-75-64-55-51-62(52-56-64)71(73-72(74)77-61-70-68-49-43-41-47-66(68)67-48-42-44-50-69(67)70)63-53-57-65(58-54-63)76-60-46-40-38-36-34-32-30-28-26-24-22-20-18-16-14-12-10-8-6-4-2;1-3-5-7-9-11-13-15-17-19-21-23-25-27-29-31-33-35-37-39-41-51-59-55-47-43-53(44-48-55)57(58)54-45-49-56(50-46-54)60-52-42-40-38-36-34-32-30-28-26-24-22-20-18-16-14-12-10-8-6-4-2/h41-44,47-58,70-71H,3-40,45-46,59-61H2,1-2H3,(H,73,74);43-50,57-58H,3-42,51-52H2,1-2H3. The molecule has 6 aromatic carbocycles. The normalized spacial score (nSPS) is 11.8. The van der Waals surface area contributed by atoms with Crippen LogP contribution < -0.4 is 24.3 Å². The molecule has 1 amide bonds. The lowest BCUT2D eigenvalue weighted by atomic mass is 9.98. The molecule has 8 heteroatoms. The summed E-state index contributed by atoms with van der Waals surface area (Å²) in [5.41, 5.74) is 8.57. The summed E-state index contributed by atoms with van der Waals surface area (Å²) in [5.74, 6) is 3.49. The zero-order chi connectivity index (χ0) is 96.6. The number of amides is 1. The fraction of sp³-hybridized carbons (Fsp3) is 0.713.